The molecule has 0 spiro atoms. The fraction of sp³-hybridized carbons (Fsp3) is 0.350. The van der Waals surface area contributed by atoms with Gasteiger partial charge >= 0.3 is 5.97 Å². The van der Waals surface area contributed by atoms with Crippen molar-refractivity contribution in [3.8, 4) is 0 Å². The number of nitrogens with one attached hydrogen (secondary N) is 1. The lowest BCUT2D eigenvalue weighted by atomic mass is 10.1. The van der Waals surface area contributed by atoms with E-state index in [1.807, 2.05) is 12.2 Å². The van der Waals surface area contributed by atoms with E-state index in [0.29, 0.717) is 17.7 Å². The van der Waals surface area contributed by atoms with Gasteiger partial charge in [-0.3, -0.25) is 4.79 Å². The molecule has 1 heterocycles. The van der Waals surface area contributed by atoms with Gasteiger partial charge in [0.25, 0.3) is 0 Å². The second-order valence-electron chi connectivity index (χ2n) is 7.24. The monoisotopic (exact) mass is 352 g/mol. The molecular weight excluding hydrogens is 328 g/mol. The highest BCUT2D eigenvalue weighted by molar-refractivity contribution is 7.03. The second kappa shape index (κ2) is 6.56. The maximum Gasteiger partial charge on any atom is 0.303 e. The van der Waals surface area contributed by atoms with Crippen molar-refractivity contribution in [1.29, 1.82) is 5.41 Å². The molecule has 1 aliphatic heterocycles. The van der Waals surface area contributed by atoms with Crippen molar-refractivity contribution in [3.05, 3.63) is 47.2 Å². The molecule has 1 atom stereocenters. The van der Waals surface area contributed by atoms with Gasteiger partial charge in [-0.05, 0) is 59.6 Å². The fourth-order valence-corrected chi connectivity index (χ4v) is 9.54. The van der Waals surface area contributed by atoms with Crippen LogP contribution in [0.25, 0.3) is 0 Å². The van der Waals surface area contributed by atoms with Crippen LogP contribution < -0.4 is 5.19 Å². The van der Waals surface area contributed by atoms with E-state index in [1.54, 1.807) is 6.08 Å². The number of benzene rings is 1. The van der Waals surface area contributed by atoms with Crippen molar-refractivity contribution < 1.29 is 9.90 Å². The molecule has 0 saturated carbocycles. The molecule has 0 fully saturated rings. The average Bonchev–Trinajstić information content (AvgIpc) is 2.54. The van der Waals surface area contributed by atoms with Gasteiger partial charge in [-0.15, -0.1) is 0 Å². The van der Waals surface area contributed by atoms with Gasteiger partial charge in [0.05, 0.1) is 17.1 Å². The number of rotatable bonds is 5. The number of aliphatic carboxylic acids is 1. The van der Waals surface area contributed by atoms with Gasteiger partial charge in [0.15, 0.2) is 0 Å². The van der Waals surface area contributed by atoms with Crippen LogP contribution in [0, 0.1) is 12.3 Å². The van der Waals surface area contributed by atoms with Gasteiger partial charge in [-0.1, -0.05) is 31.5 Å². The predicted molar refractivity (Wildman–Crippen MR) is 105 cm³/mol. The van der Waals surface area contributed by atoms with Crippen molar-refractivity contribution in [2.75, 3.05) is 0 Å². The third-order valence-electron chi connectivity index (χ3n) is 5.30. The van der Waals surface area contributed by atoms with Gasteiger partial charge in [-0.25, -0.2) is 4.99 Å². The Morgan fingerprint density at radius 1 is 1.32 bits per heavy atom. The largest absolute Gasteiger partial charge is 0.481 e. The zero-order valence-electron chi connectivity index (χ0n) is 15.0. The lowest BCUT2D eigenvalue weighted by Gasteiger charge is -2.42. The average molecular weight is 353 g/mol. The number of carboxylic acids is 1. The van der Waals surface area contributed by atoms with Crippen molar-refractivity contribution in [3.63, 3.8) is 0 Å². The number of aryl methyl sites for hydroxylation is 1. The SMILES string of the molecule is Cc1ccc2c(c1)[Si](CCCC(=O)O)(C(C)C)C1=CC(=N)C=CC1=N2. The molecule has 2 N–H and O–H groups in total. The first-order valence-electron chi connectivity index (χ1n) is 8.75. The molecule has 0 bridgehead atoms. The van der Waals surface area contributed by atoms with Crippen molar-refractivity contribution >= 4 is 36.3 Å². The minimum atomic E-state index is -2.21. The summed E-state index contributed by atoms with van der Waals surface area (Å²) in [6.45, 7) is 6.57. The molecule has 1 unspecified atom stereocenters. The number of carbonyl (C=O) groups is 1. The van der Waals surface area contributed by atoms with Crippen LogP contribution in [0.1, 0.15) is 32.3 Å². The minimum Gasteiger partial charge on any atom is -0.481 e. The first kappa shape index (κ1) is 17.5. The van der Waals surface area contributed by atoms with Crippen molar-refractivity contribution in [2.24, 2.45) is 4.99 Å². The molecule has 0 saturated heterocycles. The van der Waals surface area contributed by atoms with Gasteiger partial charge in [0.1, 0.15) is 8.07 Å². The van der Waals surface area contributed by atoms with Crippen LogP contribution in [0.15, 0.2) is 46.6 Å². The maximum atomic E-state index is 11.1. The fourth-order valence-electron chi connectivity index (χ4n) is 4.07. The Morgan fingerprint density at radius 2 is 2.08 bits per heavy atom. The van der Waals surface area contributed by atoms with E-state index in [1.165, 1.54) is 15.9 Å². The molecule has 0 aromatic heterocycles. The van der Waals surface area contributed by atoms with Crippen LogP contribution in [-0.4, -0.2) is 30.6 Å². The van der Waals surface area contributed by atoms with Crippen LogP contribution in [-0.2, 0) is 4.79 Å². The standard InChI is InChI=1S/C20H24N2O2Si/c1-13(2)25(10-4-5-20(23)24)18-11-14(3)6-8-16(18)22-17-9-7-15(21)12-19(17)25/h6-9,11-13,21H,4-5,10H2,1-3H3,(H,23,24). The normalized spacial score (nSPS) is 21.5. The number of allylic oxidation sites excluding steroid dienone is 4. The molecule has 130 valence electrons. The Kier molecular flexibility index (Phi) is 4.60. The topological polar surface area (TPSA) is 73.5 Å². The Hall–Kier alpha value is -2.27. The second-order valence-corrected chi connectivity index (χ2v) is 11.9. The molecule has 4 nitrogen and oxygen atoms in total. The summed E-state index contributed by atoms with van der Waals surface area (Å²) >= 11 is 0. The van der Waals surface area contributed by atoms with Crippen molar-refractivity contribution in [2.45, 2.75) is 45.2 Å². The molecule has 25 heavy (non-hydrogen) atoms. The molecule has 0 amide bonds. The maximum absolute atomic E-state index is 11.1. The summed E-state index contributed by atoms with van der Waals surface area (Å²) < 4.78 is 0. The van der Waals surface area contributed by atoms with E-state index in [4.69, 9.17) is 15.5 Å². The van der Waals surface area contributed by atoms with E-state index >= 15 is 0 Å². The molecular formula is C20H24N2O2Si. The van der Waals surface area contributed by atoms with Gasteiger partial charge in [-0.2, -0.15) is 0 Å². The summed E-state index contributed by atoms with van der Waals surface area (Å²) in [4.78, 5) is 15.9. The summed E-state index contributed by atoms with van der Waals surface area (Å²) in [5, 5.41) is 19.7. The van der Waals surface area contributed by atoms with Crippen molar-refractivity contribution in [1.82, 2.24) is 0 Å². The van der Waals surface area contributed by atoms with E-state index in [-0.39, 0.29) is 6.42 Å². The van der Waals surface area contributed by atoms with Crippen LogP contribution in [0.3, 0.4) is 0 Å². The van der Waals surface area contributed by atoms with Gasteiger partial charge in [0.2, 0.25) is 0 Å². The van der Waals surface area contributed by atoms with Crippen LogP contribution in [0.2, 0.25) is 11.6 Å². The number of aliphatic imine (C=N–C) groups is 1. The molecule has 1 aromatic carbocycles. The van der Waals surface area contributed by atoms with Crippen LogP contribution in [0.4, 0.5) is 5.69 Å². The molecule has 0 radical (unpaired) electrons. The smallest absolute Gasteiger partial charge is 0.303 e. The van der Waals surface area contributed by atoms with Crippen LogP contribution >= 0.6 is 0 Å². The molecule has 2 aliphatic rings. The number of nitrogens with zero attached hydrogens (tertiary/aromatic N) is 1. The van der Waals surface area contributed by atoms with Crippen LogP contribution in [0.5, 0.6) is 0 Å². The molecule has 1 aliphatic carbocycles. The minimum absolute atomic E-state index is 0.190. The highest BCUT2D eigenvalue weighted by Crippen LogP contribution is 2.41. The third-order valence-corrected chi connectivity index (χ3v) is 11.1. The molecule has 1 aromatic rings. The third kappa shape index (κ3) is 3.04. The summed E-state index contributed by atoms with van der Waals surface area (Å²) in [5.41, 5.74) is 4.09. The number of fused-ring (bicyclic) bond motifs is 2. The molecule has 3 rings (SSSR count). The lowest BCUT2D eigenvalue weighted by Crippen LogP contribution is -2.56. The summed E-state index contributed by atoms with van der Waals surface area (Å²) in [7, 11) is -2.21. The zero-order valence-corrected chi connectivity index (χ0v) is 16.0. The van der Waals surface area contributed by atoms with Gasteiger partial charge < -0.3 is 10.5 Å². The van der Waals surface area contributed by atoms with Gasteiger partial charge in [0, 0.05) is 6.42 Å². The Bertz CT molecular complexity index is 836. The van der Waals surface area contributed by atoms with E-state index in [9.17, 15) is 4.79 Å². The number of carboxylic acid groups (broad SMARTS) is 1. The Balaban J connectivity index is 2.21. The quantitative estimate of drug-likeness (QED) is 0.619. The zero-order chi connectivity index (χ0) is 18.2. The Morgan fingerprint density at radius 3 is 2.76 bits per heavy atom. The summed E-state index contributed by atoms with van der Waals surface area (Å²) in [5.74, 6) is -0.743. The first-order chi connectivity index (χ1) is 11.8. The Labute approximate surface area is 149 Å². The first-order valence-corrected chi connectivity index (χ1v) is 11.0. The highest BCUT2D eigenvalue weighted by atomic mass is 28.3. The van der Waals surface area contributed by atoms with E-state index in [2.05, 4.69) is 39.0 Å². The summed E-state index contributed by atoms with van der Waals surface area (Å²) in [6.07, 6.45) is 6.56. The van der Waals surface area contributed by atoms with E-state index in [0.717, 1.165) is 17.4 Å². The number of hydrogen-bond donors (Lipinski definition) is 2. The van der Waals surface area contributed by atoms with E-state index < -0.39 is 14.0 Å². The summed E-state index contributed by atoms with van der Waals surface area (Å²) in [6, 6.07) is 7.29. The molecule has 5 heteroatoms. The highest BCUT2D eigenvalue weighted by Gasteiger charge is 2.47. The number of hydrogen-bond acceptors (Lipinski definition) is 3. The lowest BCUT2D eigenvalue weighted by molar-refractivity contribution is -0.137. The predicted octanol–water partition coefficient (Wildman–Crippen LogP) is 4.07.